The van der Waals surface area contributed by atoms with Crippen LogP contribution in [0, 0.1) is 0 Å². The summed E-state index contributed by atoms with van der Waals surface area (Å²) in [6.07, 6.45) is -4.88. The van der Waals surface area contributed by atoms with Crippen molar-refractivity contribution in [3.05, 3.63) is 0 Å². The summed E-state index contributed by atoms with van der Waals surface area (Å²) in [5.74, 6) is -1.93. The minimum absolute atomic E-state index is 0.0287. The van der Waals surface area contributed by atoms with Crippen molar-refractivity contribution in [1.29, 1.82) is 0 Å². The predicted molar refractivity (Wildman–Crippen MR) is 54.6 cm³/mol. The number of Topliss-reactive ketones (excluding diaryl/α,β-unsaturated/α-hetero) is 1. The topological polar surface area (TPSA) is 66.5 Å². The zero-order chi connectivity index (χ0) is 14.3. The van der Waals surface area contributed by atoms with Gasteiger partial charge in [0.15, 0.2) is 5.78 Å². The van der Waals surface area contributed by atoms with E-state index in [0.29, 0.717) is 11.8 Å². The Balaban J connectivity index is 3.10. The van der Waals surface area contributed by atoms with E-state index in [1.165, 1.54) is 13.8 Å². The van der Waals surface area contributed by atoms with Crippen LogP contribution in [0.4, 0.5) is 18.0 Å². The first kappa shape index (κ1) is 14.5. The maximum atomic E-state index is 12.7. The molecule has 18 heavy (non-hydrogen) atoms. The van der Waals surface area contributed by atoms with Gasteiger partial charge in [0.1, 0.15) is 0 Å². The molecule has 1 aliphatic rings. The maximum Gasteiger partial charge on any atom is 0.420 e. The van der Waals surface area contributed by atoms with Crippen molar-refractivity contribution in [1.82, 2.24) is 10.2 Å². The lowest BCUT2D eigenvalue weighted by Crippen LogP contribution is -2.56. The summed E-state index contributed by atoms with van der Waals surface area (Å²) in [4.78, 5) is 34.9. The van der Waals surface area contributed by atoms with Gasteiger partial charge in [-0.25, -0.2) is 4.79 Å². The van der Waals surface area contributed by atoms with E-state index < -0.39 is 35.5 Å². The van der Waals surface area contributed by atoms with E-state index in [0.717, 1.165) is 0 Å². The number of urea groups is 1. The lowest BCUT2D eigenvalue weighted by atomic mass is 10.0. The summed E-state index contributed by atoms with van der Waals surface area (Å²) in [5, 5.41) is 1.59. The van der Waals surface area contributed by atoms with Gasteiger partial charge in [-0.15, -0.1) is 0 Å². The van der Waals surface area contributed by atoms with Gasteiger partial charge in [0.2, 0.25) is 5.54 Å². The van der Waals surface area contributed by atoms with Gasteiger partial charge in [-0.05, 0) is 13.8 Å². The smallest absolute Gasteiger partial charge is 0.316 e. The summed E-state index contributed by atoms with van der Waals surface area (Å²) in [5.41, 5.74) is -2.97. The van der Waals surface area contributed by atoms with E-state index in [9.17, 15) is 27.6 Å². The zero-order valence-corrected chi connectivity index (χ0v) is 10.1. The third-order valence-electron chi connectivity index (χ3n) is 2.99. The first-order valence-electron chi connectivity index (χ1n) is 5.31. The SMILES string of the molecule is CCC(=O)C(C)N1C(=O)NC(C)(C(F)(F)F)C1=O. The Kier molecular flexibility index (Phi) is 3.42. The van der Waals surface area contributed by atoms with Crippen molar-refractivity contribution in [3.63, 3.8) is 0 Å². The number of hydrogen-bond acceptors (Lipinski definition) is 3. The number of halogens is 3. The van der Waals surface area contributed by atoms with Crippen LogP contribution >= 0.6 is 0 Å². The molecular weight excluding hydrogens is 253 g/mol. The van der Waals surface area contributed by atoms with Gasteiger partial charge < -0.3 is 5.32 Å². The average molecular weight is 266 g/mol. The molecule has 1 N–H and O–H groups in total. The molecule has 1 saturated heterocycles. The van der Waals surface area contributed by atoms with Crippen LogP contribution in [0.2, 0.25) is 0 Å². The summed E-state index contributed by atoms with van der Waals surface area (Å²) < 4.78 is 38.2. The Morgan fingerprint density at radius 3 is 2.28 bits per heavy atom. The van der Waals surface area contributed by atoms with Gasteiger partial charge in [0, 0.05) is 6.42 Å². The Morgan fingerprint density at radius 2 is 1.94 bits per heavy atom. The van der Waals surface area contributed by atoms with Crippen LogP contribution < -0.4 is 5.32 Å². The van der Waals surface area contributed by atoms with Crippen molar-refractivity contribution in [2.45, 2.75) is 44.9 Å². The van der Waals surface area contributed by atoms with Crippen molar-refractivity contribution < 1.29 is 27.6 Å². The van der Waals surface area contributed by atoms with Crippen LogP contribution in [-0.2, 0) is 9.59 Å². The molecule has 8 heteroatoms. The number of rotatable bonds is 3. The fourth-order valence-corrected chi connectivity index (χ4v) is 1.64. The fourth-order valence-electron chi connectivity index (χ4n) is 1.64. The number of amides is 3. The molecule has 0 radical (unpaired) electrons. The third-order valence-corrected chi connectivity index (χ3v) is 2.99. The monoisotopic (exact) mass is 266 g/mol. The number of imide groups is 1. The molecule has 0 aliphatic carbocycles. The second-order valence-corrected chi connectivity index (χ2v) is 4.22. The molecule has 0 aromatic rings. The molecule has 0 saturated carbocycles. The summed E-state index contributed by atoms with van der Waals surface area (Å²) in [6, 6.07) is -2.40. The molecule has 3 amide bonds. The molecule has 1 fully saturated rings. The second kappa shape index (κ2) is 4.25. The van der Waals surface area contributed by atoms with Crippen LogP contribution in [0.1, 0.15) is 27.2 Å². The number of carbonyl (C=O) groups is 3. The highest BCUT2D eigenvalue weighted by molar-refractivity contribution is 6.10. The third kappa shape index (κ3) is 1.95. The van der Waals surface area contributed by atoms with Gasteiger partial charge >= 0.3 is 12.2 Å². The molecule has 102 valence electrons. The second-order valence-electron chi connectivity index (χ2n) is 4.22. The molecular formula is C10H13F3N2O3. The van der Waals surface area contributed by atoms with Crippen LogP contribution in [-0.4, -0.2) is 40.4 Å². The maximum absolute atomic E-state index is 12.7. The first-order valence-corrected chi connectivity index (χ1v) is 5.31. The Morgan fingerprint density at radius 1 is 1.44 bits per heavy atom. The van der Waals surface area contributed by atoms with E-state index in [4.69, 9.17) is 0 Å². The lowest BCUT2D eigenvalue weighted by molar-refractivity contribution is -0.191. The minimum Gasteiger partial charge on any atom is -0.316 e. The number of ketones is 1. The summed E-state index contributed by atoms with van der Waals surface area (Å²) >= 11 is 0. The van der Waals surface area contributed by atoms with Crippen LogP contribution in [0.15, 0.2) is 0 Å². The quantitative estimate of drug-likeness (QED) is 0.781. The zero-order valence-electron chi connectivity index (χ0n) is 10.1. The molecule has 2 atom stereocenters. The molecule has 1 heterocycles. The van der Waals surface area contributed by atoms with Crippen LogP contribution in [0.3, 0.4) is 0 Å². The van der Waals surface area contributed by atoms with Crippen molar-refractivity contribution in [2.24, 2.45) is 0 Å². The molecule has 0 aromatic heterocycles. The van der Waals surface area contributed by atoms with Crippen molar-refractivity contribution in [3.8, 4) is 0 Å². The highest BCUT2D eigenvalue weighted by atomic mass is 19.4. The minimum atomic E-state index is -4.91. The van der Waals surface area contributed by atoms with E-state index in [2.05, 4.69) is 0 Å². The standard InChI is InChI=1S/C10H13F3N2O3/c1-4-6(16)5(2)15-7(17)9(3,10(11,12)13)14-8(15)18/h5H,4H2,1-3H3,(H,14,18). The van der Waals surface area contributed by atoms with Gasteiger partial charge in [-0.3, -0.25) is 14.5 Å². The lowest BCUT2D eigenvalue weighted by Gasteiger charge is -2.25. The highest BCUT2D eigenvalue weighted by Crippen LogP contribution is 2.35. The number of nitrogens with zero attached hydrogens (tertiary/aromatic N) is 1. The molecule has 1 rings (SSSR count). The largest absolute Gasteiger partial charge is 0.420 e. The number of nitrogens with one attached hydrogen (secondary N) is 1. The Hall–Kier alpha value is -1.60. The van der Waals surface area contributed by atoms with E-state index >= 15 is 0 Å². The summed E-state index contributed by atoms with van der Waals surface area (Å²) in [7, 11) is 0. The van der Waals surface area contributed by atoms with E-state index in [-0.39, 0.29) is 6.42 Å². The number of alkyl halides is 3. The van der Waals surface area contributed by atoms with Gasteiger partial charge in [-0.2, -0.15) is 13.2 Å². The van der Waals surface area contributed by atoms with Gasteiger partial charge in [0.05, 0.1) is 6.04 Å². The predicted octanol–water partition coefficient (Wildman–Crippen LogP) is 1.23. The molecule has 2 unspecified atom stereocenters. The highest BCUT2D eigenvalue weighted by Gasteiger charge is 2.65. The average Bonchev–Trinajstić information content (AvgIpc) is 2.48. The molecule has 0 bridgehead atoms. The fraction of sp³-hybridized carbons (Fsp3) is 0.700. The Labute approximate surface area is 101 Å². The molecule has 0 spiro atoms. The van der Waals surface area contributed by atoms with E-state index in [1.807, 2.05) is 0 Å². The molecule has 0 aromatic carbocycles. The van der Waals surface area contributed by atoms with Crippen LogP contribution in [0.5, 0.6) is 0 Å². The number of carbonyl (C=O) groups excluding carboxylic acids is 3. The van der Waals surface area contributed by atoms with Crippen molar-refractivity contribution in [2.75, 3.05) is 0 Å². The van der Waals surface area contributed by atoms with Crippen LogP contribution in [0.25, 0.3) is 0 Å². The number of hydrogen-bond donors (Lipinski definition) is 1. The molecule has 5 nitrogen and oxygen atoms in total. The van der Waals surface area contributed by atoms with Crippen molar-refractivity contribution >= 4 is 17.7 Å². The first-order chi connectivity index (χ1) is 8.06. The van der Waals surface area contributed by atoms with Gasteiger partial charge in [-0.1, -0.05) is 6.92 Å². The normalized spacial score (nSPS) is 26.2. The Bertz CT molecular complexity index is 408. The van der Waals surface area contributed by atoms with E-state index in [1.54, 1.807) is 5.32 Å². The van der Waals surface area contributed by atoms with Gasteiger partial charge in [0.25, 0.3) is 5.91 Å². The molecule has 1 aliphatic heterocycles. The summed E-state index contributed by atoms with van der Waals surface area (Å²) in [6.45, 7) is 3.31.